The Labute approximate surface area is 210 Å². The molecule has 1 aliphatic carbocycles. The summed E-state index contributed by atoms with van der Waals surface area (Å²) in [6.07, 6.45) is 6.92. The summed E-state index contributed by atoms with van der Waals surface area (Å²) < 4.78 is 25.3. The van der Waals surface area contributed by atoms with Crippen LogP contribution in [0.3, 0.4) is 0 Å². The van der Waals surface area contributed by atoms with E-state index >= 15 is 0 Å². The molecule has 1 unspecified atom stereocenters. The summed E-state index contributed by atoms with van der Waals surface area (Å²) in [4.78, 5) is 44.5. The number of carbonyl (C=O) groups excluding carboxylic acids is 2. The Morgan fingerprint density at radius 3 is 2.47 bits per heavy atom. The maximum absolute atomic E-state index is 13.8. The van der Waals surface area contributed by atoms with Crippen LogP contribution in [0.25, 0.3) is 0 Å². The van der Waals surface area contributed by atoms with Gasteiger partial charge in [0.15, 0.2) is 0 Å². The molecule has 3 rings (SSSR count). The largest absolute Gasteiger partial charge is 0.481 e. The first-order chi connectivity index (χ1) is 16.9. The molecule has 2 amide bonds. The van der Waals surface area contributed by atoms with Gasteiger partial charge in [0.25, 0.3) is 0 Å². The number of amidine groups is 1. The second kappa shape index (κ2) is 11.3. The maximum atomic E-state index is 13.8. The molecule has 2 heterocycles. The fraction of sp³-hybridized carbons (Fsp3) is 0.609. The van der Waals surface area contributed by atoms with E-state index in [1.165, 1.54) is 11.1 Å². The van der Waals surface area contributed by atoms with Crippen molar-refractivity contribution in [3.63, 3.8) is 0 Å². The molecular weight excluding hydrogens is 488 g/mol. The molecule has 1 aromatic rings. The third-order valence-electron chi connectivity index (χ3n) is 7.14. The molecule has 2 aliphatic rings. The quantitative estimate of drug-likeness (QED) is 0.212. The predicted octanol–water partition coefficient (Wildman–Crippen LogP) is 0.173. The average molecular weight is 523 g/mol. The van der Waals surface area contributed by atoms with Gasteiger partial charge in [0.2, 0.25) is 21.8 Å². The standard InChI is InChI=1S/C23H34N6O6S/c1-36(34,35)28-14-19(30)29-10-9-18(15-5-3-2-4-6-15)23(29,11-20(31)32)22(33)27-13-17-8-7-16(12-26-17)21(24)25/h7-8,12,15,18,28H,2-6,9-11,13-14H2,1H3,(H3,24,25)(H,27,33)(H,31,32)/t18?,23-/m0/s1. The van der Waals surface area contributed by atoms with Crippen LogP contribution in [0, 0.1) is 17.2 Å². The summed E-state index contributed by atoms with van der Waals surface area (Å²) in [6, 6.07) is 3.20. The van der Waals surface area contributed by atoms with Gasteiger partial charge in [-0.05, 0) is 30.4 Å². The summed E-state index contributed by atoms with van der Waals surface area (Å²) in [7, 11) is -3.67. The minimum absolute atomic E-state index is 0.0145. The number of nitrogens with zero attached hydrogens (tertiary/aromatic N) is 2. The minimum atomic E-state index is -3.67. The van der Waals surface area contributed by atoms with Crippen LogP contribution in [0.1, 0.15) is 56.2 Å². The summed E-state index contributed by atoms with van der Waals surface area (Å²) in [5.74, 6) is -2.88. The highest BCUT2D eigenvalue weighted by Crippen LogP contribution is 2.47. The zero-order valence-corrected chi connectivity index (χ0v) is 21.1. The number of rotatable bonds is 10. The number of aromatic nitrogens is 1. The monoisotopic (exact) mass is 522 g/mol. The third-order valence-corrected chi connectivity index (χ3v) is 7.81. The molecule has 6 N–H and O–H groups in total. The van der Waals surface area contributed by atoms with Crippen molar-refractivity contribution in [1.82, 2.24) is 19.9 Å². The smallest absolute Gasteiger partial charge is 0.306 e. The van der Waals surface area contributed by atoms with E-state index in [9.17, 15) is 27.9 Å². The van der Waals surface area contributed by atoms with Crippen molar-refractivity contribution in [2.45, 2.75) is 57.0 Å². The highest BCUT2D eigenvalue weighted by atomic mass is 32.2. The molecular formula is C23H34N6O6S. The summed E-state index contributed by atoms with van der Waals surface area (Å²) in [5, 5.41) is 20.1. The normalized spacial score (nSPS) is 22.8. The first kappa shape index (κ1) is 27.5. The first-order valence-corrected chi connectivity index (χ1v) is 13.9. The van der Waals surface area contributed by atoms with Gasteiger partial charge in [-0.25, -0.2) is 13.1 Å². The van der Waals surface area contributed by atoms with Gasteiger partial charge in [-0.3, -0.25) is 24.8 Å². The lowest BCUT2D eigenvalue weighted by Crippen LogP contribution is -2.63. The van der Waals surface area contributed by atoms with Crippen molar-refractivity contribution < 1.29 is 27.9 Å². The van der Waals surface area contributed by atoms with Crippen LogP contribution in [0.2, 0.25) is 0 Å². The Morgan fingerprint density at radius 2 is 1.92 bits per heavy atom. The van der Waals surface area contributed by atoms with Crippen LogP contribution in [-0.2, 0) is 31.0 Å². The zero-order valence-electron chi connectivity index (χ0n) is 20.3. The van der Waals surface area contributed by atoms with Gasteiger partial charge in [-0.15, -0.1) is 0 Å². The lowest BCUT2D eigenvalue weighted by molar-refractivity contribution is -0.155. The number of nitrogens with one attached hydrogen (secondary N) is 3. The van der Waals surface area contributed by atoms with E-state index in [0.717, 1.165) is 38.4 Å². The number of likely N-dealkylation sites (tertiary alicyclic amines) is 1. The molecule has 1 aromatic heterocycles. The molecule has 1 saturated heterocycles. The molecule has 0 spiro atoms. The molecule has 1 saturated carbocycles. The number of hydrogen-bond acceptors (Lipinski definition) is 7. The number of amides is 2. The lowest BCUT2D eigenvalue weighted by atomic mass is 9.68. The van der Waals surface area contributed by atoms with E-state index in [1.54, 1.807) is 12.1 Å². The van der Waals surface area contributed by atoms with Crippen LogP contribution in [0.15, 0.2) is 18.3 Å². The number of carboxylic acid groups (broad SMARTS) is 1. The number of sulfonamides is 1. The third kappa shape index (κ3) is 6.38. The molecule has 198 valence electrons. The minimum Gasteiger partial charge on any atom is -0.481 e. The summed E-state index contributed by atoms with van der Waals surface area (Å²) in [5.41, 5.74) is 4.70. The van der Waals surface area contributed by atoms with Gasteiger partial charge in [0.1, 0.15) is 11.4 Å². The van der Waals surface area contributed by atoms with Crippen molar-refractivity contribution in [2.75, 3.05) is 19.3 Å². The van der Waals surface area contributed by atoms with Crippen LogP contribution in [0.5, 0.6) is 0 Å². The summed E-state index contributed by atoms with van der Waals surface area (Å²) in [6.45, 7) is -0.407. The van der Waals surface area contributed by atoms with Crippen molar-refractivity contribution >= 4 is 33.6 Å². The van der Waals surface area contributed by atoms with Crippen molar-refractivity contribution in [2.24, 2.45) is 17.6 Å². The molecule has 2 fully saturated rings. The molecule has 2 atom stereocenters. The number of nitrogens with two attached hydrogens (primary N) is 1. The van der Waals surface area contributed by atoms with Gasteiger partial charge in [-0.1, -0.05) is 32.1 Å². The van der Waals surface area contributed by atoms with E-state index in [0.29, 0.717) is 17.7 Å². The summed E-state index contributed by atoms with van der Waals surface area (Å²) >= 11 is 0. The van der Waals surface area contributed by atoms with Crippen molar-refractivity contribution in [1.29, 1.82) is 5.41 Å². The van der Waals surface area contributed by atoms with Gasteiger partial charge >= 0.3 is 5.97 Å². The van der Waals surface area contributed by atoms with Crippen molar-refractivity contribution in [3.8, 4) is 0 Å². The Kier molecular flexibility index (Phi) is 8.67. The fourth-order valence-corrected chi connectivity index (χ4v) is 5.93. The predicted molar refractivity (Wildman–Crippen MR) is 131 cm³/mol. The van der Waals surface area contributed by atoms with Crippen LogP contribution < -0.4 is 15.8 Å². The molecule has 0 bridgehead atoms. The van der Waals surface area contributed by atoms with Gasteiger partial charge in [-0.2, -0.15) is 0 Å². The average Bonchev–Trinajstić information content (AvgIpc) is 3.20. The van der Waals surface area contributed by atoms with Gasteiger partial charge in [0, 0.05) is 18.3 Å². The Balaban J connectivity index is 1.92. The Bertz CT molecular complexity index is 1100. The maximum Gasteiger partial charge on any atom is 0.306 e. The number of nitrogen functional groups attached to an aromatic ring is 1. The highest BCUT2D eigenvalue weighted by Gasteiger charge is 2.59. The molecule has 36 heavy (non-hydrogen) atoms. The molecule has 12 nitrogen and oxygen atoms in total. The molecule has 0 radical (unpaired) electrons. The van der Waals surface area contributed by atoms with Crippen LogP contribution in [-0.4, -0.2) is 71.9 Å². The van der Waals surface area contributed by atoms with Gasteiger partial charge in [0.05, 0.1) is 31.5 Å². The van der Waals surface area contributed by atoms with E-state index in [4.69, 9.17) is 11.1 Å². The molecule has 0 aromatic carbocycles. The zero-order chi connectivity index (χ0) is 26.5. The topological polar surface area (TPSA) is 196 Å². The highest BCUT2D eigenvalue weighted by molar-refractivity contribution is 7.88. The second-order valence-corrected chi connectivity index (χ2v) is 11.4. The number of pyridine rings is 1. The van der Waals surface area contributed by atoms with Gasteiger partial charge < -0.3 is 21.1 Å². The van der Waals surface area contributed by atoms with Crippen molar-refractivity contribution in [3.05, 3.63) is 29.6 Å². The Morgan fingerprint density at radius 1 is 1.22 bits per heavy atom. The van der Waals surface area contributed by atoms with E-state index in [1.807, 2.05) is 0 Å². The SMILES string of the molecule is CS(=O)(=O)NCC(=O)N1CCC(C2CCCCC2)[C@@]1(CC(=O)O)C(=O)NCc1ccc(C(=N)N)cn1. The fourth-order valence-electron chi connectivity index (χ4n) is 5.54. The number of carbonyl (C=O) groups is 3. The van der Waals surface area contributed by atoms with Crippen LogP contribution >= 0.6 is 0 Å². The molecule has 13 heteroatoms. The van der Waals surface area contributed by atoms with E-state index in [2.05, 4.69) is 15.0 Å². The second-order valence-electron chi connectivity index (χ2n) is 9.56. The van der Waals surface area contributed by atoms with Crippen LogP contribution in [0.4, 0.5) is 0 Å². The van der Waals surface area contributed by atoms with E-state index in [-0.39, 0.29) is 30.8 Å². The van der Waals surface area contributed by atoms with E-state index < -0.39 is 46.3 Å². The number of aliphatic carboxylic acids is 1. The number of carboxylic acids is 1. The molecule has 1 aliphatic heterocycles. The lowest BCUT2D eigenvalue weighted by Gasteiger charge is -2.43. The first-order valence-electron chi connectivity index (χ1n) is 12.0. The Hall–Kier alpha value is -3.06. The number of hydrogen-bond donors (Lipinski definition) is 5.